The molecule has 0 unspecified atom stereocenters. The van der Waals surface area contributed by atoms with Gasteiger partial charge in [-0.25, -0.2) is 0 Å². The van der Waals surface area contributed by atoms with E-state index < -0.39 is 0 Å². The number of piperidine rings is 1. The molecular formula is C20H34N2S. The third kappa shape index (κ3) is 5.96. The number of hydrogen-bond acceptors (Lipinski definition) is 3. The van der Waals surface area contributed by atoms with Crippen molar-refractivity contribution >= 4 is 18.2 Å². The van der Waals surface area contributed by atoms with Crippen molar-refractivity contribution in [2.45, 2.75) is 59.8 Å². The molecule has 0 saturated carbocycles. The zero-order valence-electron chi connectivity index (χ0n) is 15.8. The topological polar surface area (TPSA) is 27.1 Å². The standard InChI is InChI=1S/C15H22N2S.C5H12/c1-11-4-5-14(15(10-16)12(11)2)13-6-8-17(18-3)9-7-13;1-4-5(2)3/h4-5,10,13,16H,6-9H2,1-3H3;5H,4H2,1-3H3. The molecule has 1 heterocycles. The highest BCUT2D eigenvalue weighted by Crippen LogP contribution is 2.33. The van der Waals surface area contributed by atoms with Crippen LogP contribution in [0.15, 0.2) is 12.1 Å². The molecule has 0 aromatic heterocycles. The van der Waals surface area contributed by atoms with Gasteiger partial charge in [0, 0.05) is 19.3 Å². The van der Waals surface area contributed by atoms with Crippen LogP contribution in [0.2, 0.25) is 0 Å². The van der Waals surface area contributed by atoms with Crippen LogP contribution in [0.4, 0.5) is 0 Å². The summed E-state index contributed by atoms with van der Waals surface area (Å²) in [6.45, 7) is 13.2. The van der Waals surface area contributed by atoms with E-state index in [9.17, 15) is 0 Å². The lowest BCUT2D eigenvalue weighted by Gasteiger charge is -2.31. The lowest BCUT2D eigenvalue weighted by molar-refractivity contribution is 0.346. The first kappa shape index (κ1) is 20.2. The Morgan fingerprint density at radius 3 is 2.26 bits per heavy atom. The Hall–Kier alpha value is -0.800. The van der Waals surface area contributed by atoms with Crippen molar-refractivity contribution in [3.63, 3.8) is 0 Å². The second-order valence-electron chi connectivity index (χ2n) is 6.84. The van der Waals surface area contributed by atoms with E-state index >= 15 is 0 Å². The van der Waals surface area contributed by atoms with Crippen LogP contribution >= 0.6 is 11.9 Å². The van der Waals surface area contributed by atoms with Gasteiger partial charge in [-0.05, 0) is 67.0 Å². The van der Waals surface area contributed by atoms with Crippen LogP contribution in [-0.2, 0) is 0 Å². The number of benzene rings is 1. The molecule has 1 fully saturated rings. The summed E-state index contributed by atoms with van der Waals surface area (Å²) in [5.74, 6) is 1.51. The van der Waals surface area contributed by atoms with E-state index in [2.05, 4.69) is 57.3 Å². The Morgan fingerprint density at radius 2 is 1.83 bits per heavy atom. The van der Waals surface area contributed by atoms with Crippen LogP contribution in [0.25, 0.3) is 0 Å². The van der Waals surface area contributed by atoms with Gasteiger partial charge in [0.25, 0.3) is 0 Å². The highest BCUT2D eigenvalue weighted by atomic mass is 32.2. The van der Waals surface area contributed by atoms with E-state index in [0.29, 0.717) is 5.92 Å². The van der Waals surface area contributed by atoms with Crippen LogP contribution in [0.3, 0.4) is 0 Å². The largest absolute Gasteiger partial charge is 0.308 e. The van der Waals surface area contributed by atoms with Crippen molar-refractivity contribution in [1.29, 1.82) is 5.41 Å². The minimum atomic E-state index is 0.629. The van der Waals surface area contributed by atoms with Gasteiger partial charge in [0.15, 0.2) is 0 Å². The van der Waals surface area contributed by atoms with E-state index in [0.717, 1.165) is 24.6 Å². The van der Waals surface area contributed by atoms with Crippen molar-refractivity contribution < 1.29 is 0 Å². The van der Waals surface area contributed by atoms with E-state index in [1.165, 1.54) is 36.0 Å². The van der Waals surface area contributed by atoms with Crippen LogP contribution < -0.4 is 0 Å². The predicted molar refractivity (Wildman–Crippen MR) is 106 cm³/mol. The van der Waals surface area contributed by atoms with Crippen LogP contribution in [-0.4, -0.2) is 29.9 Å². The summed E-state index contributed by atoms with van der Waals surface area (Å²) < 4.78 is 2.43. The van der Waals surface area contributed by atoms with Gasteiger partial charge >= 0.3 is 0 Å². The highest BCUT2D eigenvalue weighted by molar-refractivity contribution is 7.96. The quantitative estimate of drug-likeness (QED) is 0.555. The predicted octanol–water partition coefficient (Wildman–Crippen LogP) is 5.81. The molecule has 1 aromatic carbocycles. The third-order valence-electron chi connectivity index (χ3n) is 4.93. The Balaban J connectivity index is 0.000000463. The van der Waals surface area contributed by atoms with Gasteiger partial charge in [-0.15, -0.1) is 0 Å². The molecule has 0 radical (unpaired) electrons. The fourth-order valence-corrected chi connectivity index (χ4v) is 3.33. The molecule has 1 aromatic rings. The summed E-state index contributed by atoms with van der Waals surface area (Å²) in [5.41, 5.74) is 5.10. The Bertz CT molecular complexity index is 489. The molecule has 23 heavy (non-hydrogen) atoms. The zero-order valence-corrected chi connectivity index (χ0v) is 16.6. The normalized spacial score (nSPS) is 16.1. The first-order valence-corrected chi connectivity index (χ1v) is 10.0. The third-order valence-corrected chi connectivity index (χ3v) is 5.81. The van der Waals surface area contributed by atoms with Crippen molar-refractivity contribution in [2.75, 3.05) is 19.3 Å². The number of rotatable bonds is 4. The number of aryl methyl sites for hydroxylation is 1. The lowest BCUT2D eigenvalue weighted by Crippen LogP contribution is -2.27. The Kier molecular flexibility index (Phi) is 8.93. The zero-order chi connectivity index (χ0) is 17.4. The van der Waals surface area contributed by atoms with E-state index in [4.69, 9.17) is 5.41 Å². The van der Waals surface area contributed by atoms with E-state index in [1.54, 1.807) is 6.21 Å². The fraction of sp³-hybridized carbons (Fsp3) is 0.650. The number of hydrogen-bond donors (Lipinski definition) is 1. The van der Waals surface area contributed by atoms with Crippen molar-refractivity contribution in [2.24, 2.45) is 5.92 Å². The average Bonchev–Trinajstić information content (AvgIpc) is 2.57. The van der Waals surface area contributed by atoms with Crippen molar-refractivity contribution in [1.82, 2.24) is 4.31 Å². The highest BCUT2D eigenvalue weighted by Gasteiger charge is 2.22. The van der Waals surface area contributed by atoms with Crippen LogP contribution in [0.1, 0.15) is 68.2 Å². The van der Waals surface area contributed by atoms with Gasteiger partial charge in [-0.2, -0.15) is 0 Å². The summed E-state index contributed by atoms with van der Waals surface area (Å²) in [6.07, 6.45) is 7.42. The molecule has 2 nitrogen and oxygen atoms in total. The van der Waals surface area contributed by atoms with E-state index in [-0.39, 0.29) is 0 Å². The molecule has 1 saturated heterocycles. The average molecular weight is 335 g/mol. The van der Waals surface area contributed by atoms with Gasteiger partial charge in [0.05, 0.1) is 0 Å². The molecule has 1 N–H and O–H groups in total. The smallest absolute Gasteiger partial charge is 0.0255 e. The molecule has 0 bridgehead atoms. The van der Waals surface area contributed by atoms with E-state index in [1.807, 2.05) is 11.9 Å². The lowest BCUT2D eigenvalue weighted by atomic mass is 9.84. The molecule has 0 spiro atoms. The minimum absolute atomic E-state index is 0.629. The van der Waals surface area contributed by atoms with Gasteiger partial charge in [-0.3, -0.25) is 4.31 Å². The fourth-order valence-electron chi connectivity index (χ4n) is 2.76. The molecule has 1 aliphatic heterocycles. The molecular weight excluding hydrogens is 300 g/mol. The first-order chi connectivity index (χ1) is 10.9. The SMILES string of the molecule is CCC(C)C.CSN1CCC(c2ccc(C)c(C)c2C=N)CC1. The summed E-state index contributed by atoms with van der Waals surface area (Å²) in [7, 11) is 0. The monoisotopic (exact) mass is 334 g/mol. The molecule has 0 aliphatic carbocycles. The summed E-state index contributed by atoms with van der Waals surface area (Å²) >= 11 is 1.85. The summed E-state index contributed by atoms with van der Waals surface area (Å²) in [6, 6.07) is 4.45. The summed E-state index contributed by atoms with van der Waals surface area (Å²) in [5, 5.41) is 7.68. The van der Waals surface area contributed by atoms with Gasteiger partial charge in [0.2, 0.25) is 0 Å². The minimum Gasteiger partial charge on any atom is -0.308 e. The maximum Gasteiger partial charge on any atom is 0.0255 e. The van der Waals surface area contributed by atoms with Gasteiger partial charge < -0.3 is 5.41 Å². The van der Waals surface area contributed by atoms with Gasteiger partial charge in [0.1, 0.15) is 0 Å². The maximum atomic E-state index is 7.68. The Morgan fingerprint density at radius 1 is 1.26 bits per heavy atom. The number of nitrogens with zero attached hydrogens (tertiary/aromatic N) is 1. The summed E-state index contributed by atoms with van der Waals surface area (Å²) in [4.78, 5) is 0. The van der Waals surface area contributed by atoms with Crippen molar-refractivity contribution in [3.05, 3.63) is 34.4 Å². The molecule has 2 rings (SSSR count). The molecule has 0 atom stereocenters. The second kappa shape index (κ2) is 10.1. The Labute approximate surface area is 147 Å². The van der Waals surface area contributed by atoms with Gasteiger partial charge in [-0.1, -0.05) is 51.3 Å². The first-order valence-electron chi connectivity index (χ1n) is 8.84. The molecule has 1 aliphatic rings. The van der Waals surface area contributed by atoms with Crippen LogP contribution in [0.5, 0.6) is 0 Å². The van der Waals surface area contributed by atoms with Crippen LogP contribution in [0, 0.1) is 25.2 Å². The maximum absolute atomic E-state index is 7.68. The number of nitrogens with one attached hydrogen (secondary N) is 1. The molecule has 3 heteroatoms. The molecule has 130 valence electrons. The van der Waals surface area contributed by atoms with Crippen molar-refractivity contribution in [3.8, 4) is 0 Å². The molecule has 0 amide bonds. The second-order valence-corrected chi connectivity index (χ2v) is 7.72.